The van der Waals surface area contributed by atoms with Gasteiger partial charge in [-0.2, -0.15) is 0 Å². The quantitative estimate of drug-likeness (QED) is 0.343. The normalized spacial score (nSPS) is 11.5. The molecule has 0 atom stereocenters. The number of allylic oxidation sites excluding steroid dienone is 1. The van der Waals surface area contributed by atoms with Gasteiger partial charge in [0.25, 0.3) is 0 Å². The van der Waals surface area contributed by atoms with Crippen LogP contribution in [0, 0.1) is 6.92 Å². The molecule has 4 heteroatoms. The molecule has 0 aliphatic rings. The molecule has 4 rings (SSSR count). The fraction of sp³-hybridized carbons (Fsp3) is 0.179. The van der Waals surface area contributed by atoms with E-state index < -0.39 is 0 Å². The van der Waals surface area contributed by atoms with E-state index >= 15 is 0 Å². The maximum absolute atomic E-state index is 12.6. The molecule has 0 fully saturated rings. The number of carbonyl (C=O) groups excluding carboxylic acids is 1. The molecule has 3 aromatic carbocycles. The molecule has 162 valence electrons. The summed E-state index contributed by atoms with van der Waals surface area (Å²) in [4.78, 5) is 12.6. The summed E-state index contributed by atoms with van der Waals surface area (Å²) in [5.74, 6) is 0.564. The fourth-order valence-corrected chi connectivity index (χ4v) is 3.71. The molecule has 0 aliphatic carbocycles. The lowest BCUT2D eigenvalue weighted by Gasteiger charge is -2.12. The molecule has 0 saturated heterocycles. The molecule has 0 aliphatic heterocycles. The van der Waals surface area contributed by atoms with Gasteiger partial charge in [0, 0.05) is 35.2 Å². The lowest BCUT2D eigenvalue weighted by atomic mass is 9.98. The highest BCUT2D eigenvalue weighted by Crippen LogP contribution is 2.37. The van der Waals surface area contributed by atoms with Crippen LogP contribution >= 0.6 is 0 Å². The summed E-state index contributed by atoms with van der Waals surface area (Å²) >= 11 is 0. The van der Waals surface area contributed by atoms with Crippen LogP contribution in [0.25, 0.3) is 27.7 Å². The maximum atomic E-state index is 12.6. The third-order valence-electron chi connectivity index (χ3n) is 5.42. The molecule has 4 aromatic rings. The molecule has 1 amide bonds. The molecular formula is C28H27NO3. The van der Waals surface area contributed by atoms with E-state index in [9.17, 15) is 4.79 Å². The molecule has 4 nitrogen and oxygen atoms in total. The molecule has 1 heterocycles. The minimum absolute atomic E-state index is 0.139. The predicted molar refractivity (Wildman–Crippen MR) is 129 cm³/mol. The smallest absolute Gasteiger partial charge is 0.244 e. The van der Waals surface area contributed by atoms with Gasteiger partial charge in [-0.05, 0) is 43.5 Å². The number of carbonyl (C=O) groups is 1. The second kappa shape index (κ2) is 9.56. The second-order valence-corrected chi connectivity index (χ2v) is 7.82. The number of hydrogen-bond acceptors (Lipinski definition) is 3. The number of hydrogen-bond donors (Lipinski definition) is 1. The first kappa shape index (κ1) is 21.4. The minimum Gasteiger partial charge on any atom is -0.493 e. The number of benzene rings is 3. The first-order valence-electron chi connectivity index (χ1n) is 10.8. The largest absolute Gasteiger partial charge is 0.493 e. The zero-order chi connectivity index (χ0) is 22.5. The van der Waals surface area contributed by atoms with Gasteiger partial charge in [0.15, 0.2) is 0 Å². The average Bonchev–Trinajstić information content (AvgIpc) is 3.21. The highest BCUT2D eigenvalue weighted by Gasteiger charge is 2.15. The third kappa shape index (κ3) is 4.75. The monoisotopic (exact) mass is 425 g/mol. The highest BCUT2D eigenvalue weighted by atomic mass is 16.5. The molecule has 32 heavy (non-hydrogen) atoms. The SMILES string of the molecule is CCOc1cc2occ(-c3ccc(C)cc3)c2cc1/C(C)=C/C(=O)NCc1ccccc1. The van der Waals surface area contributed by atoms with E-state index in [0.29, 0.717) is 18.9 Å². The van der Waals surface area contributed by atoms with Crippen LogP contribution in [0.4, 0.5) is 0 Å². The molecular weight excluding hydrogens is 398 g/mol. The average molecular weight is 426 g/mol. The summed E-state index contributed by atoms with van der Waals surface area (Å²) in [6, 6.07) is 22.2. The van der Waals surface area contributed by atoms with Crippen molar-refractivity contribution in [3.63, 3.8) is 0 Å². The van der Waals surface area contributed by atoms with Crippen molar-refractivity contribution in [3.05, 3.63) is 95.8 Å². The topological polar surface area (TPSA) is 51.5 Å². The van der Waals surface area contributed by atoms with Gasteiger partial charge in [-0.1, -0.05) is 60.2 Å². The van der Waals surface area contributed by atoms with Crippen LogP contribution in [-0.2, 0) is 11.3 Å². The number of fused-ring (bicyclic) bond motifs is 1. The van der Waals surface area contributed by atoms with E-state index in [1.807, 2.05) is 50.2 Å². The lowest BCUT2D eigenvalue weighted by molar-refractivity contribution is -0.116. The van der Waals surface area contributed by atoms with E-state index in [1.165, 1.54) is 5.56 Å². The van der Waals surface area contributed by atoms with E-state index in [0.717, 1.165) is 38.8 Å². The second-order valence-electron chi connectivity index (χ2n) is 7.82. The lowest BCUT2D eigenvalue weighted by Crippen LogP contribution is -2.20. The van der Waals surface area contributed by atoms with E-state index in [-0.39, 0.29) is 5.91 Å². The van der Waals surface area contributed by atoms with Crippen molar-refractivity contribution in [1.29, 1.82) is 0 Å². The van der Waals surface area contributed by atoms with Crippen molar-refractivity contribution in [1.82, 2.24) is 5.32 Å². The van der Waals surface area contributed by atoms with Crippen LogP contribution in [0.2, 0.25) is 0 Å². The van der Waals surface area contributed by atoms with E-state index in [4.69, 9.17) is 9.15 Å². The van der Waals surface area contributed by atoms with Gasteiger partial charge in [-0.15, -0.1) is 0 Å². The third-order valence-corrected chi connectivity index (χ3v) is 5.42. The van der Waals surface area contributed by atoms with Gasteiger partial charge in [-0.3, -0.25) is 4.79 Å². The van der Waals surface area contributed by atoms with Crippen molar-refractivity contribution >= 4 is 22.4 Å². The van der Waals surface area contributed by atoms with Crippen molar-refractivity contribution in [2.24, 2.45) is 0 Å². The van der Waals surface area contributed by atoms with Crippen molar-refractivity contribution in [2.75, 3.05) is 6.61 Å². The highest BCUT2D eigenvalue weighted by molar-refractivity contribution is 6.00. The van der Waals surface area contributed by atoms with Gasteiger partial charge >= 0.3 is 0 Å². The Kier molecular flexibility index (Phi) is 6.41. The summed E-state index contributed by atoms with van der Waals surface area (Å²) in [7, 11) is 0. The summed E-state index contributed by atoms with van der Waals surface area (Å²) in [6.07, 6.45) is 3.40. The van der Waals surface area contributed by atoms with Gasteiger partial charge < -0.3 is 14.5 Å². The number of nitrogens with one attached hydrogen (secondary N) is 1. The first-order valence-corrected chi connectivity index (χ1v) is 10.8. The van der Waals surface area contributed by atoms with Gasteiger partial charge in [0.05, 0.1) is 12.9 Å². The Bertz CT molecular complexity index is 1250. The van der Waals surface area contributed by atoms with Crippen LogP contribution < -0.4 is 10.1 Å². The molecule has 0 saturated carbocycles. The molecule has 0 radical (unpaired) electrons. The summed E-state index contributed by atoms with van der Waals surface area (Å²) < 4.78 is 11.7. The minimum atomic E-state index is -0.139. The summed E-state index contributed by atoms with van der Waals surface area (Å²) in [6.45, 7) is 6.95. The Morgan fingerprint density at radius 1 is 1.06 bits per heavy atom. The fourth-order valence-electron chi connectivity index (χ4n) is 3.71. The number of furan rings is 1. The Morgan fingerprint density at radius 3 is 2.53 bits per heavy atom. The zero-order valence-corrected chi connectivity index (χ0v) is 18.6. The maximum Gasteiger partial charge on any atom is 0.244 e. The predicted octanol–water partition coefficient (Wildman–Crippen LogP) is 6.53. The summed E-state index contributed by atoms with van der Waals surface area (Å²) in [5.41, 5.74) is 6.85. The van der Waals surface area contributed by atoms with Crippen LogP contribution in [0.5, 0.6) is 5.75 Å². The Morgan fingerprint density at radius 2 is 1.81 bits per heavy atom. The molecule has 1 aromatic heterocycles. The molecule has 0 spiro atoms. The van der Waals surface area contributed by atoms with Gasteiger partial charge in [0.1, 0.15) is 11.3 Å². The zero-order valence-electron chi connectivity index (χ0n) is 18.6. The van der Waals surface area contributed by atoms with Crippen LogP contribution in [0.15, 0.2) is 83.5 Å². The van der Waals surface area contributed by atoms with Gasteiger partial charge in [0.2, 0.25) is 5.91 Å². The van der Waals surface area contributed by atoms with Crippen LogP contribution in [0.1, 0.15) is 30.5 Å². The van der Waals surface area contributed by atoms with Crippen molar-refractivity contribution < 1.29 is 13.9 Å². The Labute approximate surface area is 188 Å². The number of ether oxygens (including phenoxy) is 1. The Balaban J connectivity index is 1.66. The van der Waals surface area contributed by atoms with Crippen molar-refractivity contribution in [3.8, 4) is 16.9 Å². The number of aryl methyl sites for hydroxylation is 1. The van der Waals surface area contributed by atoms with Crippen LogP contribution in [-0.4, -0.2) is 12.5 Å². The van der Waals surface area contributed by atoms with E-state index in [2.05, 4.69) is 42.6 Å². The summed E-state index contributed by atoms with van der Waals surface area (Å²) in [5, 5.41) is 3.94. The molecule has 1 N–H and O–H groups in total. The molecule has 0 bridgehead atoms. The van der Waals surface area contributed by atoms with Crippen molar-refractivity contribution in [2.45, 2.75) is 27.3 Å². The Hall–Kier alpha value is -3.79. The van der Waals surface area contributed by atoms with E-state index in [1.54, 1.807) is 12.3 Å². The first-order chi connectivity index (χ1) is 15.5. The number of rotatable bonds is 7. The van der Waals surface area contributed by atoms with Crippen LogP contribution in [0.3, 0.4) is 0 Å². The molecule has 0 unspecified atom stereocenters. The number of amides is 1. The standard InChI is InChI=1S/C28H27NO3/c1-4-31-26-16-27-24(25(18-32-27)22-12-10-19(2)11-13-22)15-23(26)20(3)14-28(30)29-17-21-8-6-5-7-9-21/h5-16,18H,4,17H2,1-3H3,(H,29,30)/b20-14+. The van der Waals surface area contributed by atoms with Gasteiger partial charge in [-0.25, -0.2) is 0 Å².